The second kappa shape index (κ2) is 7.53. The van der Waals surface area contributed by atoms with Gasteiger partial charge in [0.2, 0.25) is 0 Å². The molecular formula is C18H22N2O3. The minimum absolute atomic E-state index is 0.332. The highest BCUT2D eigenvalue weighted by Gasteiger charge is 2.10. The Morgan fingerprint density at radius 3 is 2.83 bits per heavy atom. The minimum atomic E-state index is -0.332. The van der Waals surface area contributed by atoms with Crippen LogP contribution in [0, 0.1) is 0 Å². The highest BCUT2D eigenvalue weighted by atomic mass is 16.5. The number of carbonyl (C=O) groups is 1. The van der Waals surface area contributed by atoms with Crippen LogP contribution in [0.2, 0.25) is 0 Å². The Balaban J connectivity index is 1.57. The number of methoxy groups -OCH3 is 1. The molecule has 0 amide bonds. The summed E-state index contributed by atoms with van der Waals surface area (Å²) in [4.78, 5) is 18.6. The van der Waals surface area contributed by atoms with Gasteiger partial charge in [0, 0.05) is 11.9 Å². The summed E-state index contributed by atoms with van der Waals surface area (Å²) in [7, 11) is 1.38. The maximum Gasteiger partial charge on any atom is 0.337 e. The molecular weight excluding hydrogens is 292 g/mol. The molecule has 2 heterocycles. The number of esters is 1. The van der Waals surface area contributed by atoms with Gasteiger partial charge in [0.05, 0.1) is 37.1 Å². The molecule has 0 unspecified atom stereocenters. The van der Waals surface area contributed by atoms with Crippen molar-refractivity contribution in [2.75, 3.05) is 33.4 Å². The molecule has 3 rings (SSSR count). The van der Waals surface area contributed by atoms with Crippen LogP contribution in [0.3, 0.4) is 0 Å². The molecule has 0 aliphatic carbocycles. The lowest BCUT2D eigenvalue weighted by Gasteiger charge is -2.14. The molecule has 2 aromatic rings. The molecule has 0 bridgehead atoms. The lowest BCUT2D eigenvalue weighted by molar-refractivity contribution is 0.0601. The molecule has 1 aromatic carbocycles. The van der Waals surface area contributed by atoms with Crippen molar-refractivity contribution in [3.63, 3.8) is 0 Å². The lowest BCUT2D eigenvalue weighted by Crippen LogP contribution is -2.23. The van der Waals surface area contributed by atoms with Crippen LogP contribution < -0.4 is 0 Å². The van der Waals surface area contributed by atoms with Gasteiger partial charge in [-0.15, -0.1) is 0 Å². The molecule has 122 valence electrons. The predicted molar refractivity (Wildman–Crippen MR) is 88.4 cm³/mol. The number of rotatable bonds is 6. The van der Waals surface area contributed by atoms with Crippen LogP contribution in [0.4, 0.5) is 0 Å². The Labute approximate surface area is 136 Å². The highest BCUT2D eigenvalue weighted by Crippen LogP contribution is 2.16. The lowest BCUT2D eigenvalue weighted by atomic mass is 10.1. The fourth-order valence-corrected chi connectivity index (χ4v) is 2.87. The second-order valence-electron chi connectivity index (χ2n) is 5.80. The van der Waals surface area contributed by atoms with Gasteiger partial charge in [-0.25, -0.2) is 4.79 Å². The summed E-state index contributed by atoms with van der Waals surface area (Å²) in [6, 6.07) is 9.29. The summed E-state index contributed by atoms with van der Waals surface area (Å²) in [6.45, 7) is 4.64. The number of carbonyl (C=O) groups excluding carboxylic acids is 1. The van der Waals surface area contributed by atoms with E-state index in [1.807, 2.05) is 18.2 Å². The maximum atomic E-state index is 11.5. The molecule has 5 heteroatoms. The average molecular weight is 314 g/mol. The van der Waals surface area contributed by atoms with Gasteiger partial charge in [0.15, 0.2) is 0 Å². The topological polar surface area (TPSA) is 51.7 Å². The first-order chi connectivity index (χ1) is 11.3. The first-order valence-corrected chi connectivity index (χ1v) is 8.04. The van der Waals surface area contributed by atoms with E-state index < -0.39 is 0 Å². The van der Waals surface area contributed by atoms with Gasteiger partial charge in [-0.2, -0.15) is 0 Å². The van der Waals surface area contributed by atoms with Crippen molar-refractivity contribution in [3.8, 4) is 0 Å². The van der Waals surface area contributed by atoms with Crippen molar-refractivity contribution in [3.05, 3.63) is 41.6 Å². The van der Waals surface area contributed by atoms with E-state index in [1.165, 1.54) is 33.0 Å². The molecule has 1 saturated heterocycles. The van der Waals surface area contributed by atoms with Gasteiger partial charge in [-0.3, -0.25) is 4.98 Å². The second-order valence-corrected chi connectivity index (χ2v) is 5.80. The maximum absolute atomic E-state index is 11.5. The molecule has 1 aromatic heterocycles. The number of benzene rings is 1. The van der Waals surface area contributed by atoms with Crippen LogP contribution >= 0.6 is 0 Å². The van der Waals surface area contributed by atoms with Gasteiger partial charge >= 0.3 is 5.97 Å². The van der Waals surface area contributed by atoms with E-state index in [9.17, 15) is 4.79 Å². The van der Waals surface area contributed by atoms with E-state index in [0.717, 1.165) is 29.7 Å². The SMILES string of the molecule is COC(=O)c1ccc2nc(COCCN3CCCC3)ccc2c1. The number of ether oxygens (including phenoxy) is 2. The monoisotopic (exact) mass is 314 g/mol. The van der Waals surface area contributed by atoms with Crippen LogP contribution in [0.5, 0.6) is 0 Å². The smallest absolute Gasteiger partial charge is 0.337 e. The van der Waals surface area contributed by atoms with Gasteiger partial charge in [0.25, 0.3) is 0 Å². The Morgan fingerprint density at radius 1 is 1.22 bits per heavy atom. The molecule has 0 spiro atoms. The quantitative estimate of drug-likeness (QED) is 0.606. The summed E-state index contributed by atoms with van der Waals surface area (Å²) < 4.78 is 10.5. The van der Waals surface area contributed by atoms with Crippen molar-refractivity contribution < 1.29 is 14.3 Å². The number of likely N-dealkylation sites (tertiary alicyclic amines) is 1. The van der Waals surface area contributed by atoms with Crippen molar-refractivity contribution in [1.29, 1.82) is 0 Å². The number of nitrogens with zero attached hydrogens (tertiary/aromatic N) is 2. The average Bonchev–Trinajstić information content (AvgIpc) is 3.11. The summed E-state index contributed by atoms with van der Waals surface area (Å²) in [5, 5.41) is 0.925. The normalized spacial score (nSPS) is 15.2. The van der Waals surface area contributed by atoms with Crippen LogP contribution in [0.15, 0.2) is 30.3 Å². The zero-order chi connectivity index (χ0) is 16.1. The largest absolute Gasteiger partial charge is 0.465 e. The third-order valence-corrected chi connectivity index (χ3v) is 4.17. The van der Waals surface area contributed by atoms with Crippen molar-refractivity contribution in [1.82, 2.24) is 9.88 Å². The molecule has 0 saturated carbocycles. The van der Waals surface area contributed by atoms with Crippen molar-refractivity contribution in [2.24, 2.45) is 0 Å². The van der Waals surface area contributed by atoms with E-state index in [2.05, 4.69) is 9.88 Å². The number of pyridine rings is 1. The standard InChI is InChI=1S/C18H22N2O3/c1-22-18(21)15-5-7-17-14(12-15)4-6-16(19-17)13-23-11-10-20-8-2-3-9-20/h4-7,12H,2-3,8-11,13H2,1H3. The summed E-state index contributed by atoms with van der Waals surface area (Å²) in [6.07, 6.45) is 2.61. The zero-order valence-corrected chi connectivity index (χ0v) is 13.5. The van der Waals surface area contributed by atoms with Crippen molar-refractivity contribution >= 4 is 16.9 Å². The van der Waals surface area contributed by atoms with E-state index in [-0.39, 0.29) is 5.97 Å². The molecule has 1 fully saturated rings. The molecule has 23 heavy (non-hydrogen) atoms. The van der Waals surface area contributed by atoms with Gasteiger partial charge in [-0.1, -0.05) is 6.07 Å². The number of hydrogen-bond acceptors (Lipinski definition) is 5. The summed E-state index contributed by atoms with van der Waals surface area (Å²) in [5.74, 6) is -0.332. The molecule has 0 N–H and O–H groups in total. The fraction of sp³-hybridized carbons (Fsp3) is 0.444. The number of fused-ring (bicyclic) bond motifs is 1. The molecule has 1 aliphatic heterocycles. The molecule has 5 nitrogen and oxygen atoms in total. The molecule has 0 atom stereocenters. The molecule has 1 aliphatic rings. The number of aromatic nitrogens is 1. The van der Waals surface area contributed by atoms with Crippen LogP contribution in [-0.2, 0) is 16.1 Å². The Kier molecular flexibility index (Phi) is 5.20. The van der Waals surface area contributed by atoms with E-state index >= 15 is 0 Å². The predicted octanol–water partition coefficient (Wildman–Crippen LogP) is 2.63. The van der Waals surface area contributed by atoms with Crippen LogP contribution in [0.1, 0.15) is 28.9 Å². The Hall–Kier alpha value is -1.98. The minimum Gasteiger partial charge on any atom is -0.465 e. The first-order valence-electron chi connectivity index (χ1n) is 8.04. The van der Waals surface area contributed by atoms with Crippen LogP contribution in [0.25, 0.3) is 10.9 Å². The Bertz CT molecular complexity index is 681. The third-order valence-electron chi connectivity index (χ3n) is 4.17. The highest BCUT2D eigenvalue weighted by molar-refractivity contribution is 5.94. The fourth-order valence-electron chi connectivity index (χ4n) is 2.87. The van der Waals surface area contributed by atoms with Gasteiger partial charge in [0.1, 0.15) is 0 Å². The van der Waals surface area contributed by atoms with Crippen LogP contribution in [-0.4, -0.2) is 49.2 Å². The summed E-state index contributed by atoms with van der Waals surface area (Å²) in [5.41, 5.74) is 2.31. The summed E-state index contributed by atoms with van der Waals surface area (Å²) >= 11 is 0. The van der Waals surface area contributed by atoms with Gasteiger partial charge < -0.3 is 14.4 Å². The van der Waals surface area contributed by atoms with E-state index in [4.69, 9.17) is 9.47 Å². The van der Waals surface area contributed by atoms with Crippen molar-refractivity contribution in [2.45, 2.75) is 19.4 Å². The zero-order valence-electron chi connectivity index (χ0n) is 13.5. The van der Waals surface area contributed by atoms with E-state index in [0.29, 0.717) is 12.2 Å². The number of hydrogen-bond donors (Lipinski definition) is 0. The first kappa shape index (κ1) is 15.9. The van der Waals surface area contributed by atoms with E-state index in [1.54, 1.807) is 12.1 Å². The molecule has 0 radical (unpaired) electrons. The van der Waals surface area contributed by atoms with Gasteiger partial charge in [-0.05, 0) is 50.2 Å². The Morgan fingerprint density at radius 2 is 2.04 bits per heavy atom. The third kappa shape index (κ3) is 4.06.